The molecule has 0 fully saturated rings. The van der Waals surface area contributed by atoms with E-state index in [0.717, 1.165) is 22.3 Å². The van der Waals surface area contributed by atoms with E-state index in [0.29, 0.717) is 11.1 Å². The van der Waals surface area contributed by atoms with Crippen LogP contribution >= 0.6 is 0 Å². The minimum atomic E-state index is -0.656. The SMILES string of the molecule is [2H]c1c([2H])c(-c2nc(-c3ccc(-c4ccccc4)cc3)nc(-c3ccc(-c4ccccc4)cc3)n2)c([2H])c(-c2c([2H])c([2H])c([2H])c3oc4c([2H])c([2H])c([2H])c([2H])c4c23)c1[2H]. The Hall–Kier alpha value is -6.65. The van der Waals surface area contributed by atoms with Crippen LogP contribution in [0.3, 0.4) is 0 Å². The normalized spacial score (nSPS) is 14.4. The molecule has 0 aliphatic carbocycles. The van der Waals surface area contributed by atoms with Crippen molar-refractivity contribution >= 4 is 21.9 Å². The fourth-order valence-electron chi connectivity index (χ4n) is 5.76. The van der Waals surface area contributed by atoms with Gasteiger partial charge in [0.05, 0.1) is 15.1 Å². The van der Waals surface area contributed by atoms with Crippen molar-refractivity contribution in [1.29, 1.82) is 0 Å². The summed E-state index contributed by atoms with van der Waals surface area (Å²) in [4.78, 5) is 14.3. The molecule has 0 aliphatic heterocycles. The maximum atomic E-state index is 9.63. The molecule has 9 rings (SSSR count). The Morgan fingerprint density at radius 1 is 0.388 bits per heavy atom. The highest BCUT2D eigenvalue weighted by atomic mass is 16.3. The summed E-state index contributed by atoms with van der Waals surface area (Å²) >= 11 is 0. The zero-order chi connectivity index (χ0) is 42.1. The lowest BCUT2D eigenvalue weighted by Gasteiger charge is -2.11. The first kappa shape index (κ1) is 19.2. The zero-order valence-electron chi connectivity index (χ0n) is 36.6. The Morgan fingerprint density at radius 3 is 1.47 bits per heavy atom. The van der Waals surface area contributed by atoms with Crippen LogP contribution in [0.5, 0.6) is 0 Å². The Labute approximate surface area is 299 Å². The van der Waals surface area contributed by atoms with Gasteiger partial charge in [-0.2, -0.15) is 0 Å². The van der Waals surface area contributed by atoms with Gasteiger partial charge in [-0.25, -0.2) is 15.0 Å². The number of nitrogens with zero attached hydrogens (tertiary/aromatic N) is 3. The van der Waals surface area contributed by atoms with Crippen molar-refractivity contribution in [3.8, 4) is 67.5 Å². The maximum Gasteiger partial charge on any atom is 0.164 e. The molecule has 0 radical (unpaired) electrons. The van der Waals surface area contributed by atoms with E-state index in [1.165, 1.54) is 0 Å². The molecule has 49 heavy (non-hydrogen) atoms. The number of hydrogen-bond donors (Lipinski definition) is 0. The third-order valence-corrected chi connectivity index (χ3v) is 8.18. The molecule has 0 atom stereocenters. The molecule has 0 saturated heterocycles. The van der Waals surface area contributed by atoms with Crippen LogP contribution in [0.1, 0.15) is 15.1 Å². The first-order valence-electron chi connectivity index (χ1n) is 21.0. The van der Waals surface area contributed by atoms with Crippen LogP contribution in [0, 0.1) is 0 Å². The lowest BCUT2D eigenvalue weighted by Crippen LogP contribution is -2.00. The van der Waals surface area contributed by atoms with Crippen molar-refractivity contribution in [1.82, 2.24) is 15.0 Å². The number of fused-ring (bicyclic) bond motifs is 3. The van der Waals surface area contributed by atoms with E-state index >= 15 is 0 Å². The Bertz CT molecular complexity index is 3090. The first-order chi connectivity index (χ1) is 28.8. The average Bonchev–Trinajstić information content (AvgIpc) is 3.69. The molecule has 230 valence electrons. The van der Waals surface area contributed by atoms with Gasteiger partial charge in [-0.1, -0.05) is 158 Å². The summed E-state index contributed by atoms with van der Waals surface area (Å²) in [5, 5.41) is -0.403. The van der Waals surface area contributed by atoms with Gasteiger partial charge in [0.2, 0.25) is 0 Å². The third kappa shape index (κ3) is 5.45. The second kappa shape index (κ2) is 12.2. The van der Waals surface area contributed by atoms with E-state index in [-0.39, 0.29) is 50.5 Å². The minimum Gasteiger partial charge on any atom is -0.456 e. The van der Waals surface area contributed by atoms with Crippen LogP contribution in [-0.4, -0.2) is 15.0 Å². The molecule has 4 nitrogen and oxygen atoms in total. The van der Waals surface area contributed by atoms with Gasteiger partial charge < -0.3 is 4.42 Å². The van der Waals surface area contributed by atoms with E-state index in [4.69, 9.17) is 33.1 Å². The van der Waals surface area contributed by atoms with Gasteiger partial charge in [0.25, 0.3) is 0 Å². The molecule has 0 unspecified atom stereocenters. The van der Waals surface area contributed by atoms with Gasteiger partial charge in [-0.05, 0) is 51.5 Å². The van der Waals surface area contributed by atoms with Crippen molar-refractivity contribution in [2.45, 2.75) is 0 Å². The second-order valence-electron chi connectivity index (χ2n) is 11.2. The number of rotatable bonds is 6. The monoisotopic (exact) mass is 638 g/mol. The van der Waals surface area contributed by atoms with Crippen molar-refractivity contribution < 1.29 is 19.5 Å². The molecular formula is C45H29N3O. The molecule has 2 heterocycles. The maximum absolute atomic E-state index is 9.63. The van der Waals surface area contributed by atoms with Crippen LogP contribution in [0.4, 0.5) is 0 Å². The van der Waals surface area contributed by atoms with Gasteiger partial charge in [0, 0.05) is 27.5 Å². The molecule has 2 aromatic heterocycles. The first-order valence-corrected chi connectivity index (χ1v) is 15.5. The smallest absolute Gasteiger partial charge is 0.164 e. The lowest BCUT2D eigenvalue weighted by atomic mass is 9.98. The number of hydrogen-bond acceptors (Lipinski definition) is 4. The summed E-state index contributed by atoms with van der Waals surface area (Å²) in [6.07, 6.45) is 0. The lowest BCUT2D eigenvalue weighted by molar-refractivity contribution is 0.669. The quantitative estimate of drug-likeness (QED) is 0.182. The molecule has 0 N–H and O–H groups in total. The molecule has 9 aromatic rings. The van der Waals surface area contributed by atoms with Crippen molar-refractivity contribution in [2.24, 2.45) is 0 Å². The van der Waals surface area contributed by atoms with Gasteiger partial charge in [0.15, 0.2) is 17.5 Å². The summed E-state index contributed by atoms with van der Waals surface area (Å²) in [6, 6.07) is 28.1. The topological polar surface area (TPSA) is 51.8 Å². The standard InChI is InChI=1S/C45H29N3O/c1-3-11-30(12-4-1)32-21-25-34(26-22-32)43-46-44(35-27-23-33(24-28-35)31-13-5-2-6-14-31)48-45(47-43)37-16-9-15-36(29-37)38-18-10-20-41-42(38)39-17-7-8-19-40(39)49-41/h1-29H/i7D,8D,9D,10D,15D,16D,17D,18D,19D,20D,29D. The Kier molecular flexibility index (Phi) is 4.78. The highest BCUT2D eigenvalue weighted by Gasteiger charge is 2.16. The molecule has 4 heteroatoms. The fourth-order valence-corrected chi connectivity index (χ4v) is 5.76. The van der Waals surface area contributed by atoms with Crippen molar-refractivity contribution in [3.05, 3.63) is 176 Å². The van der Waals surface area contributed by atoms with E-state index in [1.54, 1.807) is 0 Å². The van der Waals surface area contributed by atoms with Crippen LogP contribution < -0.4 is 0 Å². The molecule has 0 amide bonds. The van der Waals surface area contributed by atoms with Gasteiger partial charge >= 0.3 is 0 Å². The molecule has 0 spiro atoms. The molecule has 0 bridgehead atoms. The second-order valence-corrected chi connectivity index (χ2v) is 11.2. The number of para-hydroxylation sites is 1. The van der Waals surface area contributed by atoms with E-state index < -0.39 is 72.0 Å². The van der Waals surface area contributed by atoms with Crippen LogP contribution in [0.15, 0.2) is 180 Å². The fraction of sp³-hybridized carbons (Fsp3) is 0. The van der Waals surface area contributed by atoms with Crippen LogP contribution in [0.2, 0.25) is 0 Å². The molecule has 7 aromatic carbocycles. The zero-order valence-corrected chi connectivity index (χ0v) is 25.6. The van der Waals surface area contributed by atoms with Crippen LogP contribution in [-0.2, 0) is 0 Å². The highest BCUT2D eigenvalue weighted by Crippen LogP contribution is 2.38. The predicted molar refractivity (Wildman–Crippen MR) is 200 cm³/mol. The summed E-state index contributed by atoms with van der Waals surface area (Å²) in [6.45, 7) is 0. The highest BCUT2D eigenvalue weighted by molar-refractivity contribution is 6.12. The van der Waals surface area contributed by atoms with Gasteiger partial charge in [-0.15, -0.1) is 0 Å². The molecular weight excluding hydrogens is 599 g/mol. The molecule has 0 aliphatic rings. The van der Waals surface area contributed by atoms with E-state index in [1.807, 2.05) is 109 Å². The average molecular weight is 639 g/mol. The van der Waals surface area contributed by atoms with E-state index in [2.05, 4.69) is 0 Å². The third-order valence-electron chi connectivity index (χ3n) is 8.18. The number of furan rings is 1. The summed E-state index contributed by atoms with van der Waals surface area (Å²) in [7, 11) is 0. The van der Waals surface area contributed by atoms with E-state index in [9.17, 15) is 1.37 Å². The summed E-state index contributed by atoms with van der Waals surface area (Å²) < 4.78 is 103. The number of aromatic nitrogens is 3. The van der Waals surface area contributed by atoms with Gasteiger partial charge in [-0.3, -0.25) is 0 Å². The Morgan fingerprint density at radius 2 is 0.857 bits per heavy atom. The largest absolute Gasteiger partial charge is 0.456 e. The van der Waals surface area contributed by atoms with Crippen LogP contribution in [0.25, 0.3) is 89.5 Å². The summed E-state index contributed by atoms with van der Waals surface area (Å²) in [5.41, 5.74) is 3.38. The molecule has 0 saturated carbocycles. The van der Waals surface area contributed by atoms with Gasteiger partial charge in [0.1, 0.15) is 11.2 Å². The number of benzene rings is 7. The minimum absolute atomic E-state index is 0.177. The van der Waals surface area contributed by atoms with Crippen molar-refractivity contribution in [3.63, 3.8) is 0 Å². The Balaban J connectivity index is 1.31. The summed E-state index contributed by atoms with van der Waals surface area (Å²) in [5.74, 6) is 0.205. The predicted octanol–water partition coefficient (Wildman–Crippen LogP) is 11.8. The van der Waals surface area contributed by atoms with Crippen molar-refractivity contribution in [2.75, 3.05) is 0 Å².